The van der Waals surface area contributed by atoms with Crippen molar-refractivity contribution in [2.75, 3.05) is 0 Å². The van der Waals surface area contributed by atoms with E-state index in [1.807, 2.05) is 0 Å². The minimum Gasteiger partial charge on any atom is -0.409 e. The Morgan fingerprint density at radius 1 is 1.21 bits per heavy atom. The number of hydrogen-bond acceptors (Lipinski definition) is 2. The van der Waals surface area contributed by atoms with Crippen molar-refractivity contribution in [2.45, 2.75) is 85.0 Å². The number of Topliss-reactive ketones (excluding diaryl/α,β-unsaturated/α-hetero) is 1. The van der Waals surface area contributed by atoms with Gasteiger partial charge in [-0.05, 0) is 87.5 Å². The monoisotopic (exact) mass is 412 g/mol. The van der Waals surface area contributed by atoms with Crippen molar-refractivity contribution in [3.05, 3.63) is 41.5 Å². The van der Waals surface area contributed by atoms with E-state index in [4.69, 9.17) is 4.43 Å². The molecule has 0 heterocycles. The van der Waals surface area contributed by atoms with E-state index < -0.39 is 8.32 Å². The normalized spacial score (nSPS) is 29.3. The minimum atomic E-state index is -1.66. The van der Waals surface area contributed by atoms with Crippen LogP contribution in [0.3, 0.4) is 0 Å². The van der Waals surface area contributed by atoms with E-state index in [-0.39, 0.29) is 11.0 Å². The molecule has 2 nitrogen and oxygen atoms in total. The lowest BCUT2D eigenvalue weighted by molar-refractivity contribution is -0.129. The molecule has 0 spiro atoms. The molecule has 1 aromatic rings. The van der Waals surface area contributed by atoms with Gasteiger partial charge in [-0.25, -0.2) is 0 Å². The summed E-state index contributed by atoms with van der Waals surface area (Å²) >= 11 is 0. The Hall–Kier alpha value is -1.19. The van der Waals surface area contributed by atoms with E-state index in [2.05, 4.69) is 83.8 Å². The second-order valence-electron chi connectivity index (χ2n) is 11.1. The van der Waals surface area contributed by atoms with Crippen LogP contribution >= 0.6 is 0 Å². The Kier molecular flexibility index (Phi) is 6.32. The van der Waals surface area contributed by atoms with Gasteiger partial charge in [-0.1, -0.05) is 50.3 Å². The van der Waals surface area contributed by atoms with Crippen LogP contribution in [0.15, 0.2) is 30.3 Å². The van der Waals surface area contributed by atoms with Crippen LogP contribution in [0.25, 0.3) is 6.08 Å². The fourth-order valence-electron chi connectivity index (χ4n) is 6.23. The van der Waals surface area contributed by atoms with Crippen LogP contribution in [0.5, 0.6) is 0 Å². The van der Waals surface area contributed by atoms with Crippen LogP contribution in [-0.4, -0.2) is 14.1 Å². The van der Waals surface area contributed by atoms with Gasteiger partial charge in [-0.15, -0.1) is 0 Å². The highest BCUT2D eigenvalue weighted by Gasteiger charge is 2.51. The third-order valence-electron chi connectivity index (χ3n) is 7.32. The molecule has 2 fully saturated rings. The first kappa shape index (κ1) is 22.5. The highest BCUT2D eigenvalue weighted by atomic mass is 28.4. The smallest absolute Gasteiger partial charge is 0.184 e. The van der Waals surface area contributed by atoms with Crippen LogP contribution in [0.1, 0.15) is 70.9 Å². The molecule has 0 amide bonds. The number of carbonyl (C=O) groups excluding carboxylic acids is 1. The third-order valence-corrected chi connectivity index (χ3v) is 8.44. The molecule has 0 aliphatic heterocycles. The molecule has 3 rings (SSSR count). The van der Waals surface area contributed by atoms with Gasteiger partial charge in [0.1, 0.15) is 5.78 Å². The van der Waals surface area contributed by atoms with Crippen LogP contribution in [0.2, 0.25) is 19.6 Å². The highest BCUT2D eigenvalue weighted by molar-refractivity contribution is 6.69. The van der Waals surface area contributed by atoms with E-state index in [1.54, 1.807) is 0 Å². The maximum atomic E-state index is 12.5. The fraction of sp³-hybridized carbons (Fsp3) is 0.654. The molecule has 3 heteroatoms. The summed E-state index contributed by atoms with van der Waals surface area (Å²) in [5.74, 6) is 1.90. The molecule has 29 heavy (non-hydrogen) atoms. The van der Waals surface area contributed by atoms with E-state index in [1.165, 1.54) is 24.0 Å². The number of hydrogen-bond donors (Lipinski definition) is 0. The molecule has 0 saturated heterocycles. The summed E-state index contributed by atoms with van der Waals surface area (Å²) in [4.78, 5) is 12.5. The molecule has 4 atom stereocenters. The Labute approximate surface area is 179 Å². The van der Waals surface area contributed by atoms with Crippen molar-refractivity contribution in [3.63, 3.8) is 0 Å². The lowest BCUT2D eigenvalue weighted by Gasteiger charge is -2.41. The fourth-order valence-corrected chi connectivity index (χ4v) is 7.88. The van der Waals surface area contributed by atoms with Crippen molar-refractivity contribution in [1.82, 2.24) is 0 Å². The molecule has 0 radical (unpaired) electrons. The third kappa shape index (κ3) is 4.77. The van der Waals surface area contributed by atoms with Crippen LogP contribution in [0, 0.1) is 23.2 Å². The van der Waals surface area contributed by atoms with Gasteiger partial charge in [-0.2, -0.15) is 0 Å². The molecule has 2 saturated carbocycles. The van der Waals surface area contributed by atoms with Gasteiger partial charge in [-0.3, -0.25) is 4.79 Å². The lowest BCUT2D eigenvalue weighted by atomic mass is 9.62. The van der Waals surface area contributed by atoms with E-state index >= 15 is 0 Å². The average Bonchev–Trinajstić information content (AvgIpc) is 2.96. The molecule has 0 aromatic heterocycles. The zero-order valence-corrected chi connectivity index (χ0v) is 20.5. The minimum absolute atomic E-state index is 0.193. The maximum absolute atomic E-state index is 12.5. The summed E-state index contributed by atoms with van der Waals surface area (Å²) in [6.45, 7) is 15.9. The standard InChI is InChI=1S/C26H40O2Si/c1-19(21-16-17-23-24(27)13-10-18-26(21,23)4)14-15-20-11-8-9-12-22(20)25(2,3)28-29(5,6)7/h8-9,11-12,14-15,19,21,23H,10,13,16-18H2,1-7H3/b15-14+/t19-,21-,23?,26-/m1/s1. The van der Waals surface area contributed by atoms with E-state index in [9.17, 15) is 4.79 Å². The predicted octanol–water partition coefficient (Wildman–Crippen LogP) is 7.21. The SMILES string of the molecule is C[C@H](/C=C/c1ccccc1C(C)(C)O[Si](C)(C)C)[C@H]1CCC2C(=O)CCC[C@@]21C. The molecular weight excluding hydrogens is 372 g/mol. The van der Waals surface area contributed by atoms with Crippen molar-refractivity contribution in [1.29, 1.82) is 0 Å². The molecule has 160 valence electrons. The zero-order chi connectivity index (χ0) is 21.4. The molecule has 2 aliphatic carbocycles. The van der Waals surface area contributed by atoms with Gasteiger partial charge in [0.25, 0.3) is 0 Å². The van der Waals surface area contributed by atoms with Gasteiger partial charge in [0, 0.05) is 12.3 Å². The zero-order valence-electron chi connectivity index (χ0n) is 19.5. The van der Waals surface area contributed by atoms with Crippen molar-refractivity contribution in [2.24, 2.45) is 23.2 Å². The summed E-state index contributed by atoms with van der Waals surface area (Å²) in [5, 5.41) is 0. The summed E-state index contributed by atoms with van der Waals surface area (Å²) in [6, 6.07) is 8.64. The van der Waals surface area contributed by atoms with Gasteiger partial charge >= 0.3 is 0 Å². The second-order valence-corrected chi connectivity index (χ2v) is 15.5. The number of allylic oxidation sites excluding steroid dienone is 1. The molecule has 0 bridgehead atoms. The molecular formula is C26H40O2Si. The number of ketones is 1. The average molecular weight is 413 g/mol. The van der Waals surface area contributed by atoms with Crippen molar-refractivity contribution in [3.8, 4) is 0 Å². The first-order valence-corrected chi connectivity index (χ1v) is 14.9. The predicted molar refractivity (Wildman–Crippen MR) is 125 cm³/mol. The first-order valence-electron chi connectivity index (χ1n) is 11.4. The van der Waals surface area contributed by atoms with E-state index in [0.717, 1.165) is 19.3 Å². The van der Waals surface area contributed by atoms with E-state index in [0.29, 0.717) is 23.5 Å². The van der Waals surface area contributed by atoms with Gasteiger partial charge in [0.05, 0.1) is 5.60 Å². The van der Waals surface area contributed by atoms with Crippen LogP contribution in [0.4, 0.5) is 0 Å². The number of carbonyl (C=O) groups is 1. The Morgan fingerprint density at radius 2 is 1.90 bits per heavy atom. The van der Waals surface area contributed by atoms with Crippen molar-refractivity contribution < 1.29 is 9.22 Å². The van der Waals surface area contributed by atoms with Gasteiger partial charge in [0.15, 0.2) is 8.32 Å². The van der Waals surface area contributed by atoms with Gasteiger partial charge in [0.2, 0.25) is 0 Å². The largest absolute Gasteiger partial charge is 0.409 e. The Balaban J connectivity index is 1.81. The second kappa shape index (κ2) is 8.15. The van der Waals surface area contributed by atoms with Crippen LogP contribution in [-0.2, 0) is 14.8 Å². The number of fused-ring (bicyclic) bond motifs is 1. The quantitative estimate of drug-likeness (QED) is 0.461. The van der Waals surface area contributed by atoms with Crippen molar-refractivity contribution >= 4 is 20.2 Å². The Bertz CT molecular complexity index is 773. The Morgan fingerprint density at radius 3 is 2.59 bits per heavy atom. The molecule has 2 aliphatic rings. The maximum Gasteiger partial charge on any atom is 0.184 e. The lowest BCUT2D eigenvalue weighted by Crippen LogP contribution is -2.39. The first-order chi connectivity index (χ1) is 13.4. The number of rotatable bonds is 6. The number of benzene rings is 1. The molecule has 1 unspecified atom stereocenters. The summed E-state index contributed by atoms with van der Waals surface area (Å²) in [7, 11) is -1.66. The summed E-state index contributed by atoms with van der Waals surface area (Å²) in [6.07, 6.45) is 10.0. The molecule has 1 aromatic carbocycles. The van der Waals surface area contributed by atoms with Gasteiger partial charge < -0.3 is 4.43 Å². The molecule has 0 N–H and O–H groups in total. The highest BCUT2D eigenvalue weighted by Crippen LogP contribution is 2.56. The topological polar surface area (TPSA) is 26.3 Å². The summed E-state index contributed by atoms with van der Waals surface area (Å²) in [5.41, 5.74) is 2.41. The van der Waals surface area contributed by atoms with Crippen LogP contribution < -0.4 is 0 Å². The summed E-state index contributed by atoms with van der Waals surface area (Å²) < 4.78 is 6.52.